The second kappa shape index (κ2) is 6.91. The van der Waals surface area contributed by atoms with Crippen molar-refractivity contribution >= 4 is 27.5 Å². The van der Waals surface area contributed by atoms with Crippen molar-refractivity contribution in [2.45, 2.75) is 19.9 Å². The molecule has 0 radical (unpaired) electrons. The van der Waals surface area contributed by atoms with Crippen LogP contribution < -0.4 is 15.5 Å². The van der Waals surface area contributed by atoms with Crippen molar-refractivity contribution < 1.29 is 4.79 Å². The fourth-order valence-corrected chi connectivity index (χ4v) is 2.68. The van der Waals surface area contributed by atoms with Crippen molar-refractivity contribution in [3.8, 4) is 0 Å². The van der Waals surface area contributed by atoms with Gasteiger partial charge in [0.05, 0.1) is 0 Å². The molecule has 104 valence electrons. The normalized spacial score (nSPS) is 16.1. The molecule has 1 aromatic carbocycles. The fourth-order valence-electron chi connectivity index (χ4n) is 2.27. The number of anilines is 1. The molecule has 1 aliphatic heterocycles. The zero-order valence-electron chi connectivity index (χ0n) is 11.2. The molecule has 2 N–H and O–H groups in total. The van der Waals surface area contributed by atoms with E-state index in [2.05, 4.69) is 56.6 Å². The van der Waals surface area contributed by atoms with Gasteiger partial charge in [0.15, 0.2) is 0 Å². The van der Waals surface area contributed by atoms with Crippen LogP contribution in [0.4, 0.5) is 5.69 Å². The van der Waals surface area contributed by atoms with E-state index in [1.165, 1.54) is 11.3 Å². The van der Waals surface area contributed by atoms with Crippen LogP contribution in [0.2, 0.25) is 0 Å². The topological polar surface area (TPSA) is 44.4 Å². The molecule has 0 atom stereocenters. The maximum atomic E-state index is 11.4. The van der Waals surface area contributed by atoms with Crippen molar-refractivity contribution in [3.63, 3.8) is 0 Å². The van der Waals surface area contributed by atoms with E-state index in [-0.39, 0.29) is 5.91 Å². The molecular formula is C14H20BrN3O. The number of hydrogen-bond donors (Lipinski definition) is 2. The highest BCUT2D eigenvalue weighted by Crippen LogP contribution is 2.25. The van der Waals surface area contributed by atoms with Crippen molar-refractivity contribution in [2.75, 3.05) is 31.1 Å². The number of amides is 1. The SMILES string of the molecule is CCNCc1cc(Br)ccc1N1CCNC(=O)CC1. The summed E-state index contributed by atoms with van der Waals surface area (Å²) in [4.78, 5) is 13.7. The molecule has 1 heterocycles. The first-order valence-corrected chi connectivity index (χ1v) is 7.51. The van der Waals surface area contributed by atoms with Gasteiger partial charge in [0, 0.05) is 42.8 Å². The van der Waals surface area contributed by atoms with Gasteiger partial charge in [0.2, 0.25) is 5.91 Å². The Hall–Kier alpha value is -1.07. The molecule has 1 fully saturated rings. The van der Waals surface area contributed by atoms with Gasteiger partial charge in [-0.2, -0.15) is 0 Å². The third-order valence-corrected chi connectivity index (χ3v) is 3.75. The highest BCUT2D eigenvalue weighted by atomic mass is 79.9. The molecule has 1 saturated heterocycles. The van der Waals surface area contributed by atoms with Crippen LogP contribution in [0.1, 0.15) is 18.9 Å². The molecule has 4 nitrogen and oxygen atoms in total. The van der Waals surface area contributed by atoms with E-state index >= 15 is 0 Å². The molecule has 0 unspecified atom stereocenters. The summed E-state index contributed by atoms with van der Waals surface area (Å²) >= 11 is 3.52. The summed E-state index contributed by atoms with van der Waals surface area (Å²) in [5, 5.41) is 6.28. The second-order valence-corrected chi connectivity index (χ2v) is 5.56. The number of rotatable bonds is 4. The molecule has 19 heavy (non-hydrogen) atoms. The van der Waals surface area contributed by atoms with E-state index in [0.29, 0.717) is 6.42 Å². The third kappa shape index (κ3) is 3.94. The number of halogens is 1. The van der Waals surface area contributed by atoms with Crippen molar-refractivity contribution in [2.24, 2.45) is 0 Å². The van der Waals surface area contributed by atoms with Crippen LogP contribution in [0.15, 0.2) is 22.7 Å². The van der Waals surface area contributed by atoms with Gasteiger partial charge in [0.25, 0.3) is 0 Å². The summed E-state index contributed by atoms with van der Waals surface area (Å²) in [5.41, 5.74) is 2.49. The van der Waals surface area contributed by atoms with Gasteiger partial charge < -0.3 is 15.5 Å². The van der Waals surface area contributed by atoms with Gasteiger partial charge in [-0.15, -0.1) is 0 Å². The Labute approximate surface area is 122 Å². The van der Waals surface area contributed by atoms with Gasteiger partial charge in [0.1, 0.15) is 0 Å². The van der Waals surface area contributed by atoms with Gasteiger partial charge >= 0.3 is 0 Å². The van der Waals surface area contributed by atoms with Gasteiger partial charge in [-0.3, -0.25) is 4.79 Å². The molecule has 2 rings (SSSR count). The minimum absolute atomic E-state index is 0.146. The maximum absolute atomic E-state index is 11.4. The number of hydrogen-bond acceptors (Lipinski definition) is 3. The predicted octanol–water partition coefficient (Wildman–Crippen LogP) is 1.88. The summed E-state index contributed by atoms with van der Waals surface area (Å²) in [6.45, 7) is 6.27. The molecule has 0 aliphatic carbocycles. The third-order valence-electron chi connectivity index (χ3n) is 3.26. The monoisotopic (exact) mass is 325 g/mol. The predicted molar refractivity (Wildman–Crippen MR) is 81.4 cm³/mol. The van der Waals surface area contributed by atoms with Crippen molar-refractivity contribution in [3.05, 3.63) is 28.2 Å². The van der Waals surface area contributed by atoms with Crippen LogP contribution in [-0.4, -0.2) is 32.1 Å². The van der Waals surface area contributed by atoms with Crippen LogP contribution in [0.25, 0.3) is 0 Å². The molecule has 0 aromatic heterocycles. The molecule has 1 amide bonds. The second-order valence-electron chi connectivity index (χ2n) is 4.64. The standard InChI is InChI=1S/C14H20BrN3O/c1-2-16-10-11-9-12(15)3-4-13(11)18-7-5-14(19)17-6-8-18/h3-4,9,16H,2,5-8,10H2,1H3,(H,17,19). The lowest BCUT2D eigenvalue weighted by molar-refractivity contribution is -0.120. The Morgan fingerprint density at radius 3 is 3.05 bits per heavy atom. The number of nitrogens with one attached hydrogen (secondary N) is 2. The molecule has 0 bridgehead atoms. The highest BCUT2D eigenvalue weighted by molar-refractivity contribution is 9.10. The van der Waals surface area contributed by atoms with Crippen molar-refractivity contribution in [1.82, 2.24) is 10.6 Å². The Morgan fingerprint density at radius 2 is 2.26 bits per heavy atom. The summed E-state index contributed by atoms with van der Waals surface area (Å²) in [6, 6.07) is 6.34. The lowest BCUT2D eigenvalue weighted by atomic mass is 10.1. The lowest BCUT2D eigenvalue weighted by Gasteiger charge is -2.25. The molecular weight excluding hydrogens is 306 g/mol. The number of nitrogens with zero attached hydrogens (tertiary/aromatic N) is 1. The van der Waals surface area contributed by atoms with Gasteiger partial charge in [-0.1, -0.05) is 22.9 Å². The van der Waals surface area contributed by atoms with Crippen LogP contribution in [0, 0.1) is 0 Å². The zero-order valence-corrected chi connectivity index (χ0v) is 12.8. The van der Waals surface area contributed by atoms with E-state index in [4.69, 9.17) is 0 Å². The van der Waals surface area contributed by atoms with E-state index in [1.807, 2.05) is 0 Å². The van der Waals surface area contributed by atoms with Gasteiger partial charge in [-0.05, 0) is 30.3 Å². The lowest BCUT2D eigenvalue weighted by Crippen LogP contribution is -2.29. The van der Waals surface area contributed by atoms with Gasteiger partial charge in [-0.25, -0.2) is 0 Å². The van der Waals surface area contributed by atoms with E-state index in [0.717, 1.165) is 37.2 Å². The molecule has 1 aromatic rings. The summed E-state index contributed by atoms with van der Waals surface area (Å²) < 4.78 is 1.09. The quantitative estimate of drug-likeness (QED) is 0.888. The first kappa shape index (κ1) is 14.3. The average molecular weight is 326 g/mol. The Bertz CT molecular complexity index is 450. The summed E-state index contributed by atoms with van der Waals surface area (Å²) in [7, 11) is 0. The fraction of sp³-hybridized carbons (Fsp3) is 0.500. The minimum Gasteiger partial charge on any atom is -0.369 e. The first-order valence-electron chi connectivity index (χ1n) is 6.71. The van der Waals surface area contributed by atoms with E-state index in [1.54, 1.807) is 0 Å². The van der Waals surface area contributed by atoms with Crippen LogP contribution >= 0.6 is 15.9 Å². The number of carbonyl (C=O) groups excluding carboxylic acids is 1. The zero-order chi connectivity index (χ0) is 13.7. The van der Waals surface area contributed by atoms with Crippen LogP contribution in [0.5, 0.6) is 0 Å². The number of benzene rings is 1. The Morgan fingerprint density at radius 1 is 1.42 bits per heavy atom. The summed E-state index contributed by atoms with van der Waals surface area (Å²) in [5.74, 6) is 0.146. The minimum atomic E-state index is 0.146. The average Bonchev–Trinajstić information content (AvgIpc) is 2.61. The molecule has 5 heteroatoms. The largest absolute Gasteiger partial charge is 0.369 e. The highest BCUT2D eigenvalue weighted by Gasteiger charge is 2.16. The molecule has 0 saturated carbocycles. The molecule has 0 spiro atoms. The van der Waals surface area contributed by atoms with E-state index < -0.39 is 0 Å². The molecule has 1 aliphatic rings. The van der Waals surface area contributed by atoms with Crippen LogP contribution in [-0.2, 0) is 11.3 Å². The first-order chi connectivity index (χ1) is 9.20. The van der Waals surface area contributed by atoms with E-state index in [9.17, 15) is 4.79 Å². The van der Waals surface area contributed by atoms with Crippen LogP contribution in [0.3, 0.4) is 0 Å². The smallest absolute Gasteiger partial charge is 0.221 e. The summed E-state index contributed by atoms with van der Waals surface area (Å²) in [6.07, 6.45) is 0.566. The maximum Gasteiger partial charge on any atom is 0.221 e. The Balaban J connectivity index is 2.19. The Kier molecular flexibility index (Phi) is 5.22. The van der Waals surface area contributed by atoms with Crippen molar-refractivity contribution in [1.29, 1.82) is 0 Å². The number of carbonyl (C=O) groups is 1.